The van der Waals surface area contributed by atoms with Gasteiger partial charge < -0.3 is 20.8 Å². The van der Waals surface area contributed by atoms with Gasteiger partial charge in [-0.2, -0.15) is 0 Å². The molecule has 0 heterocycles. The van der Waals surface area contributed by atoms with E-state index >= 15 is 0 Å². The number of aliphatic hydroxyl groups is 1. The number of carbonyl (C=O) groups excluding carboxylic acids is 1. The van der Waals surface area contributed by atoms with Crippen molar-refractivity contribution in [3.63, 3.8) is 0 Å². The number of amides is 2. The molecule has 1 aromatic carbocycles. The van der Waals surface area contributed by atoms with E-state index in [1.165, 1.54) is 31.4 Å². The lowest BCUT2D eigenvalue weighted by Crippen LogP contribution is -2.44. The molecule has 120 valence electrons. The Labute approximate surface area is 129 Å². The second-order valence-corrected chi connectivity index (χ2v) is 5.74. The van der Waals surface area contributed by atoms with Gasteiger partial charge >= 0.3 is 12.0 Å². The molecule has 1 aliphatic rings. The second-order valence-electron chi connectivity index (χ2n) is 5.74. The highest BCUT2D eigenvalue weighted by molar-refractivity contribution is 5.87. The van der Waals surface area contributed by atoms with Gasteiger partial charge in [-0.05, 0) is 30.0 Å². The summed E-state index contributed by atoms with van der Waals surface area (Å²) in [6.45, 7) is 0.255. The second kappa shape index (κ2) is 7.79. The molecule has 0 aliphatic heterocycles. The van der Waals surface area contributed by atoms with Crippen LogP contribution >= 0.6 is 0 Å². The van der Waals surface area contributed by atoms with Crippen molar-refractivity contribution in [2.24, 2.45) is 5.92 Å². The smallest absolute Gasteiger partial charge is 0.335 e. The molecule has 6 heteroatoms. The van der Waals surface area contributed by atoms with Gasteiger partial charge in [-0.1, -0.05) is 31.4 Å². The van der Waals surface area contributed by atoms with Gasteiger partial charge in [0.2, 0.25) is 0 Å². The van der Waals surface area contributed by atoms with E-state index in [-0.39, 0.29) is 24.2 Å². The topological polar surface area (TPSA) is 98.7 Å². The number of urea groups is 1. The molecule has 1 unspecified atom stereocenters. The van der Waals surface area contributed by atoms with Crippen molar-refractivity contribution in [3.05, 3.63) is 35.4 Å². The lowest BCUT2D eigenvalue weighted by atomic mass is 9.81. The maximum Gasteiger partial charge on any atom is 0.335 e. The minimum Gasteiger partial charge on any atom is -0.478 e. The van der Waals surface area contributed by atoms with Crippen molar-refractivity contribution in [1.82, 2.24) is 10.6 Å². The molecule has 1 saturated carbocycles. The Balaban J connectivity index is 1.74. The zero-order valence-corrected chi connectivity index (χ0v) is 12.4. The molecule has 22 heavy (non-hydrogen) atoms. The van der Waals surface area contributed by atoms with E-state index in [1.54, 1.807) is 12.1 Å². The molecule has 4 N–H and O–H groups in total. The van der Waals surface area contributed by atoms with Crippen LogP contribution in [0.5, 0.6) is 0 Å². The van der Waals surface area contributed by atoms with Gasteiger partial charge in [0.05, 0.1) is 18.2 Å². The maximum atomic E-state index is 11.8. The number of hydrogen-bond donors (Lipinski definition) is 4. The fourth-order valence-electron chi connectivity index (χ4n) is 2.49. The number of aliphatic hydroxyl groups excluding tert-OH is 1. The van der Waals surface area contributed by atoms with E-state index < -0.39 is 5.97 Å². The molecule has 0 saturated heterocycles. The molecule has 0 bridgehead atoms. The molecule has 1 fully saturated rings. The molecular formula is C16H22N2O4. The fraction of sp³-hybridized carbons (Fsp3) is 0.500. The van der Waals surface area contributed by atoms with Crippen LogP contribution in [0.2, 0.25) is 0 Å². The monoisotopic (exact) mass is 306 g/mol. The standard InChI is InChI=1S/C16H22N2O4/c19-10-14(8-11-2-1-3-11)18-16(22)17-9-12-4-6-13(7-5-12)15(20)21/h4-7,11,14,19H,1-3,8-10H2,(H,20,21)(H2,17,18,22). The Kier molecular flexibility index (Phi) is 5.77. The number of nitrogens with one attached hydrogen (secondary N) is 2. The van der Waals surface area contributed by atoms with Gasteiger partial charge in [0.25, 0.3) is 0 Å². The summed E-state index contributed by atoms with van der Waals surface area (Å²) < 4.78 is 0. The average molecular weight is 306 g/mol. The van der Waals surface area contributed by atoms with Crippen LogP contribution in [-0.4, -0.2) is 34.9 Å². The molecule has 6 nitrogen and oxygen atoms in total. The Morgan fingerprint density at radius 2 is 1.91 bits per heavy atom. The van der Waals surface area contributed by atoms with E-state index in [1.807, 2.05) is 0 Å². The molecular weight excluding hydrogens is 284 g/mol. The first-order chi connectivity index (χ1) is 10.6. The van der Waals surface area contributed by atoms with Crippen LogP contribution in [0.1, 0.15) is 41.6 Å². The third kappa shape index (κ3) is 4.73. The predicted molar refractivity (Wildman–Crippen MR) is 81.6 cm³/mol. The van der Waals surface area contributed by atoms with Crippen molar-refractivity contribution in [2.45, 2.75) is 38.3 Å². The molecule has 1 atom stereocenters. The average Bonchev–Trinajstić information content (AvgIpc) is 2.47. The highest BCUT2D eigenvalue weighted by atomic mass is 16.4. The summed E-state index contributed by atoms with van der Waals surface area (Å²) in [4.78, 5) is 22.6. The number of hydrogen-bond acceptors (Lipinski definition) is 3. The van der Waals surface area contributed by atoms with Crippen molar-refractivity contribution in [2.75, 3.05) is 6.61 Å². The SMILES string of the molecule is O=C(NCc1ccc(C(=O)O)cc1)NC(CO)CC1CCC1. The zero-order valence-electron chi connectivity index (χ0n) is 12.4. The first kappa shape index (κ1) is 16.3. The molecule has 2 rings (SSSR count). The van der Waals surface area contributed by atoms with Crippen LogP contribution in [-0.2, 0) is 6.54 Å². The number of carboxylic acids is 1. The van der Waals surface area contributed by atoms with Crippen molar-refractivity contribution in [1.29, 1.82) is 0 Å². The summed E-state index contributed by atoms with van der Waals surface area (Å²) in [6.07, 6.45) is 4.41. The van der Waals surface area contributed by atoms with Crippen LogP contribution in [0.15, 0.2) is 24.3 Å². The first-order valence-corrected chi connectivity index (χ1v) is 7.56. The van der Waals surface area contributed by atoms with Gasteiger partial charge in [0.1, 0.15) is 0 Å². The maximum absolute atomic E-state index is 11.8. The number of rotatable bonds is 7. The number of carbonyl (C=O) groups is 2. The van der Waals surface area contributed by atoms with Crippen molar-refractivity contribution < 1.29 is 19.8 Å². The van der Waals surface area contributed by atoms with Crippen molar-refractivity contribution >= 4 is 12.0 Å². The third-order valence-corrected chi connectivity index (χ3v) is 4.05. The first-order valence-electron chi connectivity index (χ1n) is 7.56. The van der Waals surface area contributed by atoms with Crippen LogP contribution in [0.25, 0.3) is 0 Å². The molecule has 0 radical (unpaired) electrons. The van der Waals surface area contributed by atoms with Crippen LogP contribution in [0, 0.1) is 5.92 Å². The van der Waals surface area contributed by atoms with Gasteiger partial charge in [-0.15, -0.1) is 0 Å². The third-order valence-electron chi connectivity index (χ3n) is 4.05. The predicted octanol–water partition coefficient (Wildman–Crippen LogP) is 1.74. The van der Waals surface area contributed by atoms with E-state index in [2.05, 4.69) is 10.6 Å². The minimum atomic E-state index is -0.973. The highest BCUT2D eigenvalue weighted by Crippen LogP contribution is 2.30. The van der Waals surface area contributed by atoms with Gasteiger partial charge in [0.15, 0.2) is 0 Å². The van der Waals surface area contributed by atoms with Gasteiger partial charge in [-0.25, -0.2) is 9.59 Å². The summed E-state index contributed by atoms with van der Waals surface area (Å²) in [6, 6.07) is 5.82. The Bertz CT molecular complexity index is 511. The Morgan fingerprint density at radius 3 is 2.41 bits per heavy atom. The van der Waals surface area contributed by atoms with Crippen molar-refractivity contribution in [3.8, 4) is 0 Å². The molecule has 1 aromatic rings. The number of carboxylic acid groups (broad SMARTS) is 1. The number of aromatic carboxylic acids is 1. The molecule has 0 spiro atoms. The summed E-state index contributed by atoms with van der Waals surface area (Å²) in [5.41, 5.74) is 1.04. The van der Waals surface area contributed by atoms with Crippen LogP contribution in [0.3, 0.4) is 0 Å². The normalized spacial score (nSPS) is 15.7. The van der Waals surface area contributed by atoms with Gasteiger partial charge in [0, 0.05) is 6.54 Å². The lowest BCUT2D eigenvalue weighted by Gasteiger charge is -2.29. The molecule has 2 amide bonds. The highest BCUT2D eigenvalue weighted by Gasteiger charge is 2.22. The summed E-state index contributed by atoms with van der Waals surface area (Å²) in [5.74, 6) is -0.361. The quantitative estimate of drug-likeness (QED) is 0.616. The zero-order chi connectivity index (χ0) is 15.9. The minimum absolute atomic E-state index is 0.0583. The molecule has 1 aliphatic carbocycles. The van der Waals surface area contributed by atoms with E-state index in [4.69, 9.17) is 5.11 Å². The summed E-state index contributed by atoms with van der Waals surface area (Å²) in [7, 11) is 0. The Hall–Kier alpha value is -2.08. The van der Waals surface area contributed by atoms with Gasteiger partial charge in [-0.3, -0.25) is 0 Å². The Morgan fingerprint density at radius 1 is 1.23 bits per heavy atom. The van der Waals surface area contributed by atoms with E-state index in [9.17, 15) is 14.7 Å². The molecule has 0 aromatic heterocycles. The summed E-state index contributed by atoms with van der Waals surface area (Å²) >= 11 is 0. The van der Waals surface area contributed by atoms with Crippen LogP contribution < -0.4 is 10.6 Å². The van der Waals surface area contributed by atoms with Crippen LogP contribution in [0.4, 0.5) is 4.79 Å². The largest absolute Gasteiger partial charge is 0.478 e. The fourth-order valence-corrected chi connectivity index (χ4v) is 2.49. The summed E-state index contributed by atoms with van der Waals surface area (Å²) in [5, 5.41) is 23.6. The lowest BCUT2D eigenvalue weighted by molar-refractivity contribution is 0.0697. The van der Waals surface area contributed by atoms with E-state index in [0.29, 0.717) is 12.5 Å². The number of benzene rings is 1. The van der Waals surface area contributed by atoms with E-state index in [0.717, 1.165) is 12.0 Å².